The number of hydrogen-bond donors (Lipinski definition) is 1. The third kappa shape index (κ3) is 3.06. The molecule has 108 valence electrons. The number of esters is 1. The van der Waals surface area contributed by atoms with Crippen LogP contribution >= 0.6 is 0 Å². The molecule has 0 saturated heterocycles. The van der Waals surface area contributed by atoms with Crippen molar-refractivity contribution < 1.29 is 9.53 Å². The van der Waals surface area contributed by atoms with Crippen molar-refractivity contribution in [3.8, 4) is 0 Å². The van der Waals surface area contributed by atoms with Gasteiger partial charge < -0.3 is 15.4 Å². The molecule has 0 radical (unpaired) electrons. The fourth-order valence-corrected chi connectivity index (χ4v) is 2.58. The van der Waals surface area contributed by atoms with Crippen molar-refractivity contribution in [2.75, 3.05) is 30.8 Å². The summed E-state index contributed by atoms with van der Waals surface area (Å²) < 4.78 is 4.73. The molecule has 0 spiro atoms. The quantitative estimate of drug-likeness (QED) is 0.640. The molecule has 1 aromatic rings. The normalized spacial score (nSPS) is 17.9. The molecular weight excluding hydrogens is 252 g/mol. The van der Waals surface area contributed by atoms with Gasteiger partial charge in [-0.3, -0.25) is 0 Å². The minimum Gasteiger partial charge on any atom is -0.465 e. The number of nitrogen functional groups attached to an aromatic ring is 1. The molecule has 2 fully saturated rings. The molecule has 2 N–H and O–H groups in total. The van der Waals surface area contributed by atoms with Crippen molar-refractivity contribution in [1.82, 2.24) is 0 Å². The zero-order chi connectivity index (χ0) is 14.1. The Labute approximate surface area is 119 Å². The van der Waals surface area contributed by atoms with Crippen LogP contribution in [0, 0.1) is 11.8 Å². The van der Waals surface area contributed by atoms with Crippen molar-refractivity contribution in [3.63, 3.8) is 0 Å². The van der Waals surface area contributed by atoms with Gasteiger partial charge in [0.15, 0.2) is 0 Å². The molecule has 0 atom stereocenters. The first kappa shape index (κ1) is 13.3. The van der Waals surface area contributed by atoms with Crippen LogP contribution < -0.4 is 10.6 Å². The van der Waals surface area contributed by atoms with Crippen molar-refractivity contribution in [1.29, 1.82) is 0 Å². The molecule has 2 saturated carbocycles. The van der Waals surface area contributed by atoms with Gasteiger partial charge in [0.25, 0.3) is 0 Å². The Morgan fingerprint density at radius 3 is 2.30 bits per heavy atom. The van der Waals surface area contributed by atoms with E-state index in [9.17, 15) is 4.79 Å². The molecule has 2 aliphatic carbocycles. The number of ether oxygens (including phenoxy) is 1. The molecule has 0 unspecified atom stereocenters. The summed E-state index contributed by atoms with van der Waals surface area (Å²) in [7, 11) is 1.39. The lowest BCUT2D eigenvalue weighted by Crippen LogP contribution is -2.28. The molecule has 0 heterocycles. The van der Waals surface area contributed by atoms with E-state index in [1.54, 1.807) is 6.07 Å². The van der Waals surface area contributed by atoms with E-state index in [4.69, 9.17) is 10.5 Å². The number of benzene rings is 1. The summed E-state index contributed by atoms with van der Waals surface area (Å²) in [6, 6.07) is 5.50. The first-order chi connectivity index (χ1) is 9.67. The first-order valence-corrected chi connectivity index (χ1v) is 7.40. The highest BCUT2D eigenvalue weighted by Crippen LogP contribution is 2.37. The Balaban J connectivity index is 1.79. The molecule has 20 heavy (non-hydrogen) atoms. The van der Waals surface area contributed by atoms with Crippen LogP contribution in [0.3, 0.4) is 0 Å². The SMILES string of the molecule is COC(=O)c1ccc(N(CC2CC2)CC2CC2)c(N)c1. The second-order valence-electron chi connectivity index (χ2n) is 6.06. The second-order valence-corrected chi connectivity index (χ2v) is 6.06. The number of nitrogens with two attached hydrogens (primary N) is 1. The maximum atomic E-state index is 11.5. The molecule has 3 rings (SSSR count). The van der Waals surface area contributed by atoms with E-state index in [-0.39, 0.29) is 5.97 Å². The summed E-state index contributed by atoms with van der Waals surface area (Å²) in [6.45, 7) is 2.19. The van der Waals surface area contributed by atoms with E-state index in [0.29, 0.717) is 11.3 Å². The van der Waals surface area contributed by atoms with Gasteiger partial charge in [-0.25, -0.2) is 4.79 Å². The fraction of sp³-hybridized carbons (Fsp3) is 0.562. The number of carbonyl (C=O) groups excluding carboxylic acids is 1. The van der Waals surface area contributed by atoms with Crippen molar-refractivity contribution in [3.05, 3.63) is 23.8 Å². The number of carbonyl (C=O) groups is 1. The minimum absolute atomic E-state index is 0.334. The van der Waals surface area contributed by atoms with Gasteiger partial charge in [0.2, 0.25) is 0 Å². The molecule has 1 aromatic carbocycles. The topological polar surface area (TPSA) is 55.6 Å². The van der Waals surface area contributed by atoms with Crippen LogP contribution in [0.25, 0.3) is 0 Å². The van der Waals surface area contributed by atoms with Crippen molar-refractivity contribution in [2.24, 2.45) is 11.8 Å². The molecule has 0 amide bonds. The average molecular weight is 274 g/mol. The predicted octanol–water partition coefficient (Wildman–Crippen LogP) is 2.68. The molecule has 4 heteroatoms. The Kier molecular flexibility index (Phi) is 3.55. The van der Waals surface area contributed by atoms with E-state index in [0.717, 1.165) is 30.6 Å². The highest BCUT2D eigenvalue weighted by atomic mass is 16.5. The molecule has 0 aromatic heterocycles. The lowest BCUT2D eigenvalue weighted by Gasteiger charge is -2.26. The zero-order valence-electron chi connectivity index (χ0n) is 12.0. The fourth-order valence-electron chi connectivity index (χ4n) is 2.58. The number of rotatable bonds is 6. The summed E-state index contributed by atoms with van der Waals surface area (Å²) in [6.07, 6.45) is 5.34. The van der Waals surface area contributed by atoms with Crippen LogP contribution in [0.1, 0.15) is 36.0 Å². The van der Waals surface area contributed by atoms with Crippen LogP contribution in [0.2, 0.25) is 0 Å². The highest BCUT2D eigenvalue weighted by molar-refractivity contribution is 5.92. The Morgan fingerprint density at radius 2 is 1.85 bits per heavy atom. The van der Waals surface area contributed by atoms with Crippen LogP contribution in [0.4, 0.5) is 11.4 Å². The van der Waals surface area contributed by atoms with Crippen LogP contribution in [0.5, 0.6) is 0 Å². The van der Waals surface area contributed by atoms with E-state index in [1.807, 2.05) is 12.1 Å². The van der Waals surface area contributed by atoms with E-state index in [2.05, 4.69) is 4.90 Å². The van der Waals surface area contributed by atoms with Crippen molar-refractivity contribution in [2.45, 2.75) is 25.7 Å². The van der Waals surface area contributed by atoms with E-state index < -0.39 is 0 Å². The molecule has 2 aliphatic rings. The largest absolute Gasteiger partial charge is 0.465 e. The first-order valence-electron chi connectivity index (χ1n) is 7.40. The lowest BCUT2D eigenvalue weighted by molar-refractivity contribution is 0.0601. The summed E-state index contributed by atoms with van der Waals surface area (Å²) in [5.41, 5.74) is 8.42. The third-order valence-corrected chi connectivity index (χ3v) is 4.14. The highest BCUT2D eigenvalue weighted by Gasteiger charge is 2.30. The standard InChI is InChI=1S/C16H22N2O2/c1-20-16(19)13-6-7-15(14(17)8-13)18(9-11-2-3-11)10-12-4-5-12/h6-8,11-12H,2-5,9-10,17H2,1H3. The maximum absolute atomic E-state index is 11.5. The van der Waals surface area contributed by atoms with Gasteiger partial charge in [0.05, 0.1) is 24.0 Å². The summed E-state index contributed by atoms with van der Waals surface area (Å²) >= 11 is 0. The van der Waals surface area contributed by atoms with Gasteiger partial charge in [-0.1, -0.05) is 0 Å². The summed E-state index contributed by atoms with van der Waals surface area (Å²) in [4.78, 5) is 13.9. The molecule has 0 aliphatic heterocycles. The Morgan fingerprint density at radius 1 is 1.25 bits per heavy atom. The van der Waals surface area contributed by atoms with E-state index >= 15 is 0 Å². The van der Waals surface area contributed by atoms with Gasteiger partial charge in [-0.05, 0) is 55.7 Å². The smallest absolute Gasteiger partial charge is 0.337 e. The molecule has 0 bridgehead atoms. The van der Waals surface area contributed by atoms with Gasteiger partial charge in [0.1, 0.15) is 0 Å². The van der Waals surface area contributed by atoms with Gasteiger partial charge >= 0.3 is 5.97 Å². The third-order valence-electron chi connectivity index (χ3n) is 4.14. The average Bonchev–Trinajstić information content (AvgIpc) is 3.32. The van der Waals surface area contributed by atoms with Gasteiger partial charge in [-0.15, -0.1) is 0 Å². The predicted molar refractivity (Wildman–Crippen MR) is 79.9 cm³/mol. The Hall–Kier alpha value is -1.71. The monoisotopic (exact) mass is 274 g/mol. The lowest BCUT2D eigenvalue weighted by atomic mass is 10.1. The number of methoxy groups -OCH3 is 1. The number of nitrogens with zero attached hydrogens (tertiary/aromatic N) is 1. The zero-order valence-corrected chi connectivity index (χ0v) is 12.0. The number of hydrogen-bond acceptors (Lipinski definition) is 4. The molecular formula is C16H22N2O2. The van der Waals surface area contributed by atoms with Crippen molar-refractivity contribution >= 4 is 17.3 Å². The maximum Gasteiger partial charge on any atom is 0.337 e. The van der Waals surface area contributed by atoms with Crippen LogP contribution in [-0.4, -0.2) is 26.2 Å². The minimum atomic E-state index is -0.334. The summed E-state index contributed by atoms with van der Waals surface area (Å²) in [5, 5.41) is 0. The second kappa shape index (κ2) is 5.35. The van der Waals surface area contributed by atoms with E-state index in [1.165, 1.54) is 32.8 Å². The van der Waals surface area contributed by atoms with Crippen LogP contribution in [-0.2, 0) is 4.74 Å². The van der Waals surface area contributed by atoms with Gasteiger partial charge in [-0.2, -0.15) is 0 Å². The number of anilines is 2. The molecule has 4 nitrogen and oxygen atoms in total. The van der Waals surface area contributed by atoms with Gasteiger partial charge in [0, 0.05) is 13.1 Å². The summed E-state index contributed by atoms with van der Waals surface area (Å²) in [5.74, 6) is 1.32. The Bertz CT molecular complexity index is 493. The van der Waals surface area contributed by atoms with Crippen LogP contribution in [0.15, 0.2) is 18.2 Å².